The summed E-state index contributed by atoms with van der Waals surface area (Å²) in [5.74, 6) is 0. The van der Waals surface area contributed by atoms with Gasteiger partial charge in [0.05, 0.1) is 16.3 Å². The molecule has 1 atom stereocenters. The lowest BCUT2D eigenvalue weighted by atomic mass is 10.0. The molecule has 2 N–H and O–H groups in total. The van der Waals surface area contributed by atoms with Crippen LogP contribution >= 0.6 is 11.3 Å². The zero-order chi connectivity index (χ0) is 14.5. The van der Waals surface area contributed by atoms with Gasteiger partial charge >= 0.3 is 0 Å². The Morgan fingerprint density at radius 2 is 1.81 bits per heavy atom. The zero-order valence-corrected chi connectivity index (χ0v) is 12.5. The minimum Gasteiger partial charge on any atom is -0.396 e. The Kier molecular flexibility index (Phi) is 4.48. The van der Waals surface area contributed by atoms with Crippen molar-refractivity contribution in [1.82, 2.24) is 4.98 Å². The smallest absolute Gasteiger partial charge is 0.184 e. The van der Waals surface area contributed by atoms with E-state index >= 15 is 0 Å². The number of hydrogen-bond donors (Lipinski definition) is 2. The first-order valence-corrected chi connectivity index (χ1v) is 7.96. The summed E-state index contributed by atoms with van der Waals surface area (Å²) in [4.78, 5) is 4.63. The van der Waals surface area contributed by atoms with Crippen molar-refractivity contribution in [3.05, 3.63) is 60.2 Å². The van der Waals surface area contributed by atoms with Crippen molar-refractivity contribution < 1.29 is 5.11 Å². The molecule has 0 fully saturated rings. The van der Waals surface area contributed by atoms with Crippen LogP contribution in [0.5, 0.6) is 0 Å². The third kappa shape index (κ3) is 3.40. The molecule has 0 radical (unpaired) electrons. The summed E-state index contributed by atoms with van der Waals surface area (Å²) in [6.07, 6.45) is 1.66. The van der Waals surface area contributed by atoms with Crippen LogP contribution in [0.25, 0.3) is 10.2 Å². The largest absolute Gasteiger partial charge is 0.396 e. The molecule has 4 heteroatoms. The minimum absolute atomic E-state index is 0.180. The predicted molar refractivity (Wildman–Crippen MR) is 88.7 cm³/mol. The topological polar surface area (TPSA) is 45.1 Å². The van der Waals surface area contributed by atoms with E-state index in [9.17, 15) is 0 Å². The van der Waals surface area contributed by atoms with Gasteiger partial charge < -0.3 is 10.4 Å². The van der Waals surface area contributed by atoms with E-state index in [1.54, 1.807) is 11.3 Å². The Bertz CT molecular complexity index is 663. The number of anilines is 1. The van der Waals surface area contributed by atoms with Gasteiger partial charge in [0.25, 0.3) is 0 Å². The third-order valence-electron chi connectivity index (χ3n) is 3.44. The van der Waals surface area contributed by atoms with Crippen LogP contribution < -0.4 is 5.32 Å². The fourth-order valence-corrected chi connectivity index (χ4v) is 3.30. The second-order valence-corrected chi connectivity index (χ2v) is 5.99. The number of aliphatic hydroxyl groups is 1. The van der Waals surface area contributed by atoms with Crippen LogP contribution in [0.4, 0.5) is 5.13 Å². The van der Waals surface area contributed by atoms with Crippen LogP contribution in [0.2, 0.25) is 0 Å². The number of nitrogens with zero attached hydrogens (tertiary/aromatic N) is 1. The molecule has 3 aromatic rings. The average Bonchev–Trinajstić information content (AvgIpc) is 2.94. The summed E-state index contributed by atoms with van der Waals surface area (Å²) in [7, 11) is 0. The van der Waals surface area contributed by atoms with Gasteiger partial charge in [-0.05, 0) is 30.5 Å². The van der Waals surface area contributed by atoms with Crippen LogP contribution in [-0.2, 0) is 0 Å². The van der Waals surface area contributed by atoms with Crippen molar-refractivity contribution in [2.75, 3.05) is 11.9 Å². The number of benzene rings is 2. The summed E-state index contributed by atoms with van der Waals surface area (Å²) in [6.45, 7) is 0.213. The highest BCUT2D eigenvalue weighted by molar-refractivity contribution is 7.22. The number of rotatable bonds is 6. The summed E-state index contributed by atoms with van der Waals surface area (Å²) in [5, 5.41) is 13.6. The van der Waals surface area contributed by atoms with Gasteiger partial charge in [-0.2, -0.15) is 0 Å². The normalized spacial score (nSPS) is 12.4. The fourth-order valence-electron chi connectivity index (χ4n) is 2.39. The zero-order valence-electron chi connectivity index (χ0n) is 11.7. The molecule has 0 aliphatic heterocycles. The number of aromatic nitrogens is 1. The van der Waals surface area contributed by atoms with Crippen molar-refractivity contribution in [3.8, 4) is 0 Å². The quantitative estimate of drug-likeness (QED) is 0.716. The lowest BCUT2D eigenvalue weighted by molar-refractivity contribution is 0.281. The number of thiazole rings is 1. The first kappa shape index (κ1) is 14.0. The van der Waals surface area contributed by atoms with E-state index in [2.05, 4.69) is 28.5 Å². The molecule has 1 unspecified atom stereocenters. The molecule has 21 heavy (non-hydrogen) atoms. The van der Waals surface area contributed by atoms with Crippen molar-refractivity contribution in [2.24, 2.45) is 0 Å². The maximum absolute atomic E-state index is 9.10. The lowest BCUT2D eigenvalue weighted by Gasteiger charge is -2.18. The SMILES string of the molecule is OCCCC(Nc1nc2ccccc2s1)c1ccccc1. The predicted octanol–water partition coefficient (Wildman–Crippen LogP) is 4.22. The van der Waals surface area contributed by atoms with E-state index in [4.69, 9.17) is 5.11 Å². The second kappa shape index (κ2) is 6.70. The van der Waals surface area contributed by atoms with Crippen LogP contribution in [0.3, 0.4) is 0 Å². The molecule has 0 saturated carbocycles. The summed E-state index contributed by atoms with van der Waals surface area (Å²) >= 11 is 1.67. The Morgan fingerprint density at radius 1 is 1.05 bits per heavy atom. The number of fused-ring (bicyclic) bond motifs is 1. The van der Waals surface area contributed by atoms with Crippen LogP contribution in [0.15, 0.2) is 54.6 Å². The number of para-hydroxylation sites is 1. The van der Waals surface area contributed by atoms with E-state index in [0.717, 1.165) is 23.5 Å². The molecule has 0 aliphatic rings. The summed E-state index contributed by atoms with van der Waals surface area (Å²) < 4.78 is 1.19. The van der Waals surface area contributed by atoms with Crippen molar-refractivity contribution in [2.45, 2.75) is 18.9 Å². The molecular weight excluding hydrogens is 280 g/mol. The van der Waals surface area contributed by atoms with Gasteiger partial charge in [0.1, 0.15) is 0 Å². The Hall–Kier alpha value is -1.91. The summed E-state index contributed by atoms with van der Waals surface area (Å²) in [6, 6.07) is 18.7. The Morgan fingerprint density at radius 3 is 2.57 bits per heavy atom. The molecule has 2 aromatic carbocycles. The highest BCUT2D eigenvalue weighted by Gasteiger charge is 2.13. The first-order valence-electron chi connectivity index (χ1n) is 7.15. The summed E-state index contributed by atoms with van der Waals surface area (Å²) in [5.41, 5.74) is 2.25. The average molecular weight is 298 g/mol. The fraction of sp³-hybridized carbons (Fsp3) is 0.235. The molecule has 3 rings (SSSR count). The van der Waals surface area contributed by atoms with Crippen molar-refractivity contribution >= 4 is 26.7 Å². The highest BCUT2D eigenvalue weighted by Crippen LogP contribution is 2.30. The number of hydrogen-bond acceptors (Lipinski definition) is 4. The van der Waals surface area contributed by atoms with E-state index in [0.29, 0.717) is 0 Å². The van der Waals surface area contributed by atoms with Crippen molar-refractivity contribution in [1.29, 1.82) is 0 Å². The van der Waals surface area contributed by atoms with E-state index < -0.39 is 0 Å². The molecule has 3 nitrogen and oxygen atoms in total. The molecule has 0 saturated heterocycles. The molecule has 0 aliphatic carbocycles. The van der Waals surface area contributed by atoms with Gasteiger partial charge in [-0.25, -0.2) is 4.98 Å². The lowest BCUT2D eigenvalue weighted by Crippen LogP contribution is -2.11. The molecule has 0 bridgehead atoms. The van der Waals surface area contributed by atoms with Gasteiger partial charge in [-0.3, -0.25) is 0 Å². The maximum atomic E-state index is 9.10. The molecule has 1 heterocycles. The van der Waals surface area contributed by atoms with Gasteiger partial charge in [0.2, 0.25) is 0 Å². The standard InChI is InChI=1S/C17H18N2OS/c20-12-6-10-14(13-7-2-1-3-8-13)18-17-19-15-9-4-5-11-16(15)21-17/h1-5,7-9,11,14,20H,6,10,12H2,(H,18,19). The number of nitrogens with one attached hydrogen (secondary N) is 1. The molecular formula is C17H18N2OS. The Labute approximate surface area is 128 Å². The number of aliphatic hydroxyl groups excluding tert-OH is 1. The van der Waals surface area contributed by atoms with Crippen LogP contribution in [0.1, 0.15) is 24.4 Å². The van der Waals surface area contributed by atoms with E-state index in [1.807, 2.05) is 36.4 Å². The van der Waals surface area contributed by atoms with Crippen LogP contribution in [0, 0.1) is 0 Å². The molecule has 108 valence electrons. The second-order valence-electron chi connectivity index (χ2n) is 4.96. The van der Waals surface area contributed by atoms with Gasteiger partial charge in [0, 0.05) is 6.61 Å². The van der Waals surface area contributed by atoms with Gasteiger partial charge in [0.15, 0.2) is 5.13 Å². The Balaban J connectivity index is 1.83. The molecule has 1 aromatic heterocycles. The minimum atomic E-state index is 0.180. The van der Waals surface area contributed by atoms with Gasteiger partial charge in [-0.15, -0.1) is 0 Å². The molecule has 0 amide bonds. The molecule has 0 spiro atoms. The highest BCUT2D eigenvalue weighted by atomic mass is 32.1. The maximum Gasteiger partial charge on any atom is 0.184 e. The first-order chi connectivity index (χ1) is 10.4. The van der Waals surface area contributed by atoms with Crippen LogP contribution in [-0.4, -0.2) is 16.7 Å². The third-order valence-corrected chi connectivity index (χ3v) is 4.41. The van der Waals surface area contributed by atoms with Crippen molar-refractivity contribution in [3.63, 3.8) is 0 Å². The van der Waals surface area contributed by atoms with E-state index in [-0.39, 0.29) is 12.6 Å². The monoisotopic (exact) mass is 298 g/mol. The van der Waals surface area contributed by atoms with E-state index in [1.165, 1.54) is 10.3 Å². The van der Waals surface area contributed by atoms with Gasteiger partial charge in [-0.1, -0.05) is 53.8 Å².